The normalized spacial score (nSPS) is 11.1. The van der Waals surface area contributed by atoms with Crippen molar-refractivity contribution in [1.82, 2.24) is 10.2 Å². The minimum atomic E-state index is -2.41. The Hall–Kier alpha value is -0.750. The van der Waals surface area contributed by atoms with Gasteiger partial charge in [-0.1, -0.05) is 0 Å². The smallest absolute Gasteiger partial charge is 0.251 e. The number of halogens is 2. The Bertz CT molecular complexity index is 179. The molecule has 0 atom stereocenters. The summed E-state index contributed by atoms with van der Waals surface area (Å²) in [4.78, 5) is 12.3. The van der Waals surface area contributed by atoms with Crippen molar-refractivity contribution in [3.05, 3.63) is 0 Å². The molecule has 0 heterocycles. The van der Waals surface area contributed by atoms with Gasteiger partial charge in [-0.25, -0.2) is 8.78 Å². The Labute approximate surface area is 88.3 Å². The summed E-state index contributed by atoms with van der Waals surface area (Å²) in [5, 5.41) is 11.1. The highest BCUT2D eigenvalue weighted by atomic mass is 19.3. The van der Waals surface area contributed by atoms with Crippen LogP contribution < -0.4 is 5.32 Å². The number of alkyl halides is 2. The van der Waals surface area contributed by atoms with Gasteiger partial charge in [-0.2, -0.15) is 0 Å². The van der Waals surface area contributed by atoms with Crippen molar-refractivity contribution in [2.45, 2.75) is 19.3 Å². The summed E-state index contributed by atoms with van der Waals surface area (Å²) >= 11 is 0. The Morgan fingerprint density at radius 3 is 2.60 bits per heavy atom. The van der Waals surface area contributed by atoms with Gasteiger partial charge in [0.15, 0.2) is 0 Å². The molecule has 0 spiro atoms. The molecule has 0 aliphatic heterocycles. The predicted molar refractivity (Wildman–Crippen MR) is 52.8 cm³/mol. The summed E-state index contributed by atoms with van der Waals surface area (Å²) in [5.74, 6) is -0.101. The first-order chi connectivity index (χ1) is 7.10. The number of aliphatic hydroxyl groups is 1. The third kappa shape index (κ3) is 8.26. The van der Waals surface area contributed by atoms with Crippen molar-refractivity contribution >= 4 is 5.91 Å². The van der Waals surface area contributed by atoms with Crippen LogP contribution in [0.25, 0.3) is 0 Å². The van der Waals surface area contributed by atoms with E-state index in [4.69, 9.17) is 5.11 Å². The zero-order chi connectivity index (χ0) is 11.7. The van der Waals surface area contributed by atoms with E-state index in [1.165, 1.54) is 11.9 Å². The zero-order valence-electron chi connectivity index (χ0n) is 8.88. The quantitative estimate of drug-likeness (QED) is 0.613. The number of carbonyl (C=O) groups excluding carboxylic acids is 1. The Morgan fingerprint density at radius 2 is 2.13 bits per heavy atom. The molecule has 0 aliphatic rings. The van der Waals surface area contributed by atoms with Gasteiger partial charge in [0, 0.05) is 20.0 Å². The van der Waals surface area contributed by atoms with E-state index in [0.29, 0.717) is 19.4 Å². The van der Waals surface area contributed by atoms with E-state index in [-0.39, 0.29) is 25.6 Å². The first-order valence-electron chi connectivity index (χ1n) is 4.92. The van der Waals surface area contributed by atoms with Crippen molar-refractivity contribution in [1.29, 1.82) is 0 Å². The summed E-state index contributed by atoms with van der Waals surface area (Å²) in [5.41, 5.74) is 0. The second-order valence-electron chi connectivity index (χ2n) is 3.19. The number of nitrogens with zero attached hydrogens (tertiary/aromatic N) is 1. The highest BCUT2D eigenvalue weighted by Gasteiger charge is 2.11. The first kappa shape index (κ1) is 14.2. The van der Waals surface area contributed by atoms with E-state index in [2.05, 4.69) is 5.32 Å². The van der Waals surface area contributed by atoms with Crippen LogP contribution >= 0.6 is 0 Å². The van der Waals surface area contributed by atoms with Crippen LogP contribution in [0.4, 0.5) is 8.78 Å². The topological polar surface area (TPSA) is 52.6 Å². The van der Waals surface area contributed by atoms with Gasteiger partial charge < -0.3 is 10.4 Å². The second kappa shape index (κ2) is 8.55. The molecule has 0 bridgehead atoms. The van der Waals surface area contributed by atoms with E-state index in [1.54, 1.807) is 0 Å². The SMILES string of the molecule is CNC(=O)CCCN(CCO)CC(F)F. The lowest BCUT2D eigenvalue weighted by Crippen LogP contribution is -2.33. The maximum Gasteiger partial charge on any atom is 0.251 e. The standard InChI is InChI=1S/C9H18F2N2O2/c1-12-9(15)3-2-4-13(5-6-14)7-8(10)11/h8,14H,2-7H2,1H3,(H,12,15). The van der Waals surface area contributed by atoms with E-state index in [0.717, 1.165) is 0 Å². The molecule has 6 heteroatoms. The van der Waals surface area contributed by atoms with Gasteiger partial charge in [0.2, 0.25) is 5.91 Å². The molecule has 15 heavy (non-hydrogen) atoms. The molecule has 2 N–H and O–H groups in total. The van der Waals surface area contributed by atoms with Gasteiger partial charge in [0.25, 0.3) is 6.43 Å². The van der Waals surface area contributed by atoms with Gasteiger partial charge >= 0.3 is 0 Å². The van der Waals surface area contributed by atoms with Crippen LogP contribution in [0.3, 0.4) is 0 Å². The molecule has 0 rings (SSSR count). The van der Waals surface area contributed by atoms with Gasteiger partial charge in [-0.15, -0.1) is 0 Å². The molecule has 0 saturated carbocycles. The Balaban J connectivity index is 3.70. The molecule has 0 radical (unpaired) electrons. The second-order valence-corrected chi connectivity index (χ2v) is 3.19. The molecule has 0 aromatic heterocycles. The minimum Gasteiger partial charge on any atom is -0.395 e. The van der Waals surface area contributed by atoms with Gasteiger partial charge in [0.1, 0.15) is 0 Å². The van der Waals surface area contributed by atoms with Crippen LogP contribution in [0.15, 0.2) is 0 Å². The maximum absolute atomic E-state index is 12.1. The lowest BCUT2D eigenvalue weighted by molar-refractivity contribution is -0.120. The molecule has 1 amide bonds. The predicted octanol–water partition coefficient (Wildman–Crippen LogP) is 0.0720. The van der Waals surface area contributed by atoms with Crippen molar-refractivity contribution < 1.29 is 18.7 Å². The fourth-order valence-electron chi connectivity index (χ4n) is 1.22. The third-order valence-corrected chi connectivity index (χ3v) is 1.97. The number of nitrogens with one attached hydrogen (secondary N) is 1. The van der Waals surface area contributed by atoms with Crippen LogP contribution in [0.1, 0.15) is 12.8 Å². The zero-order valence-corrected chi connectivity index (χ0v) is 8.88. The molecule has 90 valence electrons. The lowest BCUT2D eigenvalue weighted by Gasteiger charge is -2.20. The van der Waals surface area contributed by atoms with Crippen molar-refractivity contribution in [2.75, 3.05) is 33.3 Å². The van der Waals surface area contributed by atoms with E-state index >= 15 is 0 Å². The largest absolute Gasteiger partial charge is 0.395 e. The number of aliphatic hydroxyl groups excluding tert-OH is 1. The average Bonchev–Trinajstić information content (AvgIpc) is 2.16. The molecule has 0 aromatic rings. The van der Waals surface area contributed by atoms with Crippen molar-refractivity contribution in [2.24, 2.45) is 0 Å². The molecule has 0 unspecified atom stereocenters. The van der Waals surface area contributed by atoms with E-state index in [9.17, 15) is 13.6 Å². The fraction of sp³-hybridized carbons (Fsp3) is 0.889. The van der Waals surface area contributed by atoms with Crippen LogP contribution in [0.5, 0.6) is 0 Å². The molecular formula is C9H18F2N2O2. The summed E-state index contributed by atoms with van der Waals surface area (Å²) in [6, 6.07) is 0. The van der Waals surface area contributed by atoms with Crippen molar-refractivity contribution in [3.8, 4) is 0 Å². The molecule has 0 aromatic carbocycles. The lowest BCUT2D eigenvalue weighted by atomic mass is 10.2. The third-order valence-electron chi connectivity index (χ3n) is 1.97. The fourth-order valence-corrected chi connectivity index (χ4v) is 1.22. The number of carbonyl (C=O) groups is 1. The summed E-state index contributed by atoms with van der Waals surface area (Å²) in [6.07, 6.45) is -1.56. The molecular weight excluding hydrogens is 206 g/mol. The van der Waals surface area contributed by atoms with Gasteiger partial charge in [-0.05, 0) is 13.0 Å². The summed E-state index contributed by atoms with van der Waals surface area (Å²) < 4.78 is 24.1. The molecule has 4 nitrogen and oxygen atoms in total. The number of amides is 1. The molecule has 0 aliphatic carbocycles. The number of rotatable bonds is 8. The highest BCUT2D eigenvalue weighted by molar-refractivity contribution is 5.75. The maximum atomic E-state index is 12.1. The van der Waals surface area contributed by atoms with Gasteiger partial charge in [-0.3, -0.25) is 9.69 Å². The van der Waals surface area contributed by atoms with Crippen LogP contribution in [0, 0.1) is 0 Å². The van der Waals surface area contributed by atoms with Crippen LogP contribution in [0.2, 0.25) is 0 Å². The monoisotopic (exact) mass is 224 g/mol. The number of hydrogen-bond donors (Lipinski definition) is 2. The van der Waals surface area contributed by atoms with Gasteiger partial charge in [0.05, 0.1) is 13.2 Å². The van der Waals surface area contributed by atoms with Crippen molar-refractivity contribution in [3.63, 3.8) is 0 Å². The Kier molecular flexibility index (Phi) is 8.12. The van der Waals surface area contributed by atoms with Crippen LogP contribution in [-0.2, 0) is 4.79 Å². The van der Waals surface area contributed by atoms with E-state index < -0.39 is 6.43 Å². The van der Waals surface area contributed by atoms with E-state index in [1.807, 2.05) is 0 Å². The summed E-state index contributed by atoms with van der Waals surface area (Å²) in [6.45, 7) is 0.122. The summed E-state index contributed by atoms with van der Waals surface area (Å²) in [7, 11) is 1.53. The highest BCUT2D eigenvalue weighted by Crippen LogP contribution is 2.00. The minimum absolute atomic E-state index is 0.101. The number of hydrogen-bond acceptors (Lipinski definition) is 3. The molecule has 0 saturated heterocycles. The first-order valence-corrected chi connectivity index (χ1v) is 4.92. The van der Waals surface area contributed by atoms with Crippen LogP contribution in [-0.4, -0.2) is 55.6 Å². The Morgan fingerprint density at radius 1 is 1.47 bits per heavy atom. The molecule has 0 fully saturated rings. The average molecular weight is 224 g/mol.